The second-order valence-electron chi connectivity index (χ2n) is 5.58. The SMILES string of the molecule is CC[NH+](CC)CCSc1nnc(NC(=O)Nc2ccc(OC)c(OC)c2)s1. The summed E-state index contributed by atoms with van der Waals surface area (Å²) in [6.45, 7) is 7.70. The van der Waals surface area contributed by atoms with E-state index in [0.717, 1.165) is 29.7 Å². The molecular formula is C17H26N5O3S2+. The van der Waals surface area contributed by atoms with Gasteiger partial charge in [0.05, 0.1) is 33.9 Å². The third-order valence-electron chi connectivity index (χ3n) is 3.95. The number of nitrogens with zero attached hydrogens (tertiary/aromatic N) is 2. The Morgan fingerprint density at radius 3 is 2.56 bits per heavy atom. The van der Waals surface area contributed by atoms with Gasteiger partial charge in [-0.25, -0.2) is 4.79 Å². The van der Waals surface area contributed by atoms with Gasteiger partial charge in [0, 0.05) is 17.5 Å². The Labute approximate surface area is 167 Å². The molecule has 0 aliphatic heterocycles. The molecule has 8 nitrogen and oxygen atoms in total. The molecular weight excluding hydrogens is 386 g/mol. The van der Waals surface area contributed by atoms with Gasteiger partial charge in [0.1, 0.15) is 0 Å². The molecule has 148 valence electrons. The lowest BCUT2D eigenvalue weighted by molar-refractivity contribution is -0.893. The lowest BCUT2D eigenvalue weighted by Crippen LogP contribution is -3.11. The van der Waals surface area contributed by atoms with Gasteiger partial charge < -0.3 is 19.7 Å². The third kappa shape index (κ3) is 6.56. The van der Waals surface area contributed by atoms with Crippen molar-refractivity contribution >= 4 is 39.9 Å². The van der Waals surface area contributed by atoms with Crippen molar-refractivity contribution in [3.05, 3.63) is 18.2 Å². The van der Waals surface area contributed by atoms with Gasteiger partial charge in [-0.15, -0.1) is 10.2 Å². The van der Waals surface area contributed by atoms with E-state index >= 15 is 0 Å². The van der Waals surface area contributed by atoms with Gasteiger partial charge >= 0.3 is 6.03 Å². The molecule has 0 unspecified atom stereocenters. The number of carbonyl (C=O) groups excluding carboxylic acids is 1. The molecule has 2 amide bonds. The summed E-state index contributed by atoms with van der Waals surface area (Å²) in [5.41, 5.74) is 0.589. The smallest absolute Gasteiger partial charge is 0.325 e. The first kappa shape index (κ1) is 21.3. The number of amides is 2. The molecule has 0 saturated heterocycles. The Morgan fingerprint density at radius 2 is 1.89 bits per heavy atom. The van der Waals surface area contributed by atoms with E-state index in [2.05, 4.69) is 34.7 Å². The predicted molar refractivity (Wildman–Crippen MR) is 110 cm³/mol. The summed E-state index contributed by atoms with van der Waals surface area (Å²) < 4.78 is 11.3. The maximum Gasteiger partial charge on any atom is 0.325 e. The molecule has 2 rings (SSSR count). The van der Waals surface area contributed by atoms with Crippen LogP contribution in [0.25, 0.3) is 0 Å². The third-order valence-corrected chi connectivity index (χ3v) is 5.92. The van der Waals surface area contributed by atoms with E-state index in [9.17, 15) is 4.79 Å². The van der Waals surface area contributed by atoms with E-state index in [-0.39, 0.29) is 6.03 Å². The number of methoxy groups -OCH3 is 2. The van der Waals surface area contributed by atoms with Crippen molar-refractivity contribution in [1.29, 1.82) is 0 Å². The first-order valence-electron chi connectivity index (χ1n) is 8.69. The van der Waals surface area contributed by atoms with Crippen molar-refractivity contribution in [2.24, 2.45) is 0 Å². The average Bonchev–Trinajstić information content (AvgIpc) is 3.12. The Morgan fingerprint density at radius 1 is 1.15 bits per heavy atom. The highest BCUT2D eigenvalue weighted by atomic mass is 32.2. The normalized spacial score (nSPS) is 10.7. The quantitative estimate of drug-likeness (QED) is 0.410. The largest absolute Gasteiger partial charge is 0.493 e. The average molecular weight is 413 g/mol. The molecule has 27 heavy (non-hydrogen) atoms. The fraction of sp³-hybridized carbons (Fsp3) is 0.471. The van der Waals surface area contributed by atoms with Crippen molar-refractivity contribution in [2.45, 2.75) is 18.2 Å². The summed E-state index contributed by atoms with van der Waals surface area (Å²) in [7, 11) is 3.11. The van der Waals surface area contributed by atoms with Gasteiger partial charge in [-0.05, 0) is 26.0 Å². The number of urea groups is 1. The molecule has 1 aromatic heterocycles. The molecule has 0 bridgehead atoms. The van der Waals surface area contributed by atoms with Crippen LogP contribution >= 0.6 is 23.1 Å². The van der Waals surface area contributed by atoms with Crippen molar-refractivity contribution in [2.75, 3.05) is 50.2 Å². The van der Waals surface area contributed by atoms with Crippen LogP contribution in [0.15, 0.2) is 22.5 Å². The second-order valence-corrected chi connectivity index (χ2v) is 7.90. The summed E-state index contributed by atoms with van der Waals surface area (Å²) in [6, 6.07) is 4.77. The van der Waals surface area contributed by atoms with Crippen molar-refractivity contribution in [3.8, 4) is 11.5 Å². The summed E-state index contributed by atoms with van der Waals surface area (Å²) in [5, 5.41) is 14.0. The van der Waals surface area contributed by atoms with E-state index in [4.69, 9.17) is 9.47 Å². The molecule has 2 aromatic rings. The molecule has 0 spiro atoms. The first-order chi connectivity index (χ1) is 13.1. The number of quaternary nitrogens is 1. The summed E-state index contributed by atoms with van der Waals surface area (Å²) in [4.78, 5) is 13.7. The highest BCUT2D eigenvalue weighted by Gasteiger charge is 2.11. The maximum absolute atomic E-state index is 12.2. The zero-order chi connectivity index (χ0) is 19.6. The van der Waals surface area contributed by atoms with Crippen LogP contribution in [0.4, 0.5) is 15.6 Å². The van der Waals surface area contributed by atoms with Crippen LogP contribution in [0.1, 0.15) is 13.8 Å². The molecule has 10 heteroatoms. The Hall–Kier alpha value is -2.04. The minimum Gasteiger partial charge on any atom is -0.493 e. The number of aromatic nitrogens is 2. The Kier molecular flexibility index (Phi) is 8.62. The highest BCUT2D eigenvalue weighted by Crippen LogP contribution is 2.30. The number of hydrogen-bond acceptors (Lipinski definition) is 7. The van der Waals surface area contributed by atoms with Crippen molar-refractivity contribution in [3.63, 3.8) is 0 Å². The van der Waals surface area contributed by atoms with E-state index in [0.29, 0.717) is 22.3 Å². The van der Waals surface area contributed by atoms with E-state index in [1.54, 1.807) is 49.1 Å². The molecule has 0 atom stereocenters. The van der Waals surface area contributed by atoms with Gasteiger partial charge in [-0.1, -0.05) is 23.1 Å². The summed E-state index contributed by atoms with van der Waals surface area (Å²) >= 11 is 3.03. The lowest BCUT2D eigenvalue weighted by atomic mass is 10.3. The summed E-state index contributed by atoms with van der Waals surface area (Å²) in [5.74, 6) is 2.12. The zero-order valence-electron chi connectivity index (χ0n) is 16.0. The number of hydrogen-bond donors (Lipinski definition) is 3. The highest BCUT2D eigenvalue weighted by molar-refractivity contribution is 8.01. The van der Waals surface area contributed by atoms with Crippen LogP contribution in [0.2, 0.25) is 0 Å². The molecule has 0 aliphatic carbocycles. The number of thioether (sulfide) groups is 1. The molecule has 3 N–H and O–H groups in total. The fourth-order valence-corrected chi connectivity index (χ4v) is 4.24. The molecule has 0 aliphatic rings. The van der Waals surface area contributed by atoms with Crippen molar-refractivity contribution < 1.29 is 19.2 Å². The monoisotopic (exact) mass is 412 g/mol. The number of ether oxygens (including phenoxy) is 2. The molecule has 1 aromatic carbocycles. The zero-order valence-corrected chi connectivity index (χ0v) is 17.6. The van der Waals surface area contributed by atoms with E-state index < -0.39 is 0 Å². The van der Waals surface area contributed by atoms with Crippen LogP contribution in [-0.2, 0) is 0 Å². The minimum atomic E-state index is -0.387. The number of anilines is 2. The number of rotatable bonds is 10. The van der Waals surface area contributed by atoms with Crippen LogP contribution in [0.5, 0.6) is 11.5 Å². The number of nitrogens with one attached hydrogen (secondary N) is 3. The van der Waals surface area contributed by atoms with Crippen LogP contribution in [-0.4, -0.2) is 55.8 Å². The van der Waals surface area contributed by atoms with Gasteiger partial charge in [0.2, 0.25) is 5.13 Å². The summed E-state index contributed by atoms with van der Waals surface area (Å²) in [6.07, 6.45) is 0. The molecule has 0 fully saturated rings. The van der Waals surface area contributed by atoms with Gasteiger partial charge in [0.15, 0.2) is 15.8 Å². The van der Waals surface area contributed by atoms with Gasteiger partial charge in [0.25, 0.3) is 0 Å². The number of carbonyl (C=O) groups is 1. The van der Waals surface area contributed by atoms with Crippen molar-refractivity contribution in [1.82, 2.24) is 10.2 Å². The van der Waals surface area contributed by atoms with Crippen LogP contribution in [0.3, 0.4) is 0 Å². The van der Waals surface area contributed by atoms with E-state index in [1.807, 2.05) is 0 Å². The second kappa shape index (κ2) is 11.0. The van der Waals surface area contributed by atoms with Gasteiger partial charge in [-0.3, -0.25) is 5.32 Å². The van der Waals surface area contributed by atoms with E-state index in [1.165, 1.54) is 11.3 Å². The van der Waals surface area contributed by atoms with Crippen LogP contribution in [0, 0.1) is 0 Å². The Bertz CT molecular complexity index is 737. The lowest BCUT2D eigenvalue weighted by Gasteiger charge is -2.13. The minimum absolute atomic E-state index is 0.387. The molecule has 0 radical (unpaired) electrons. The predicted octanol–water partition coefficient (Wildman–Crippen LogP) is 2.22. The maximum atomic E-state index is 12.2. The standard InChI is InChI=1S/C17H25N5O3S2/c1-5-22(6-2)9-10-26-17-21-20-16(27-17)19-15(23)18-12-7-8-13(24-3)14(11-12)25-4/h7-8,11H,5-6,9-10H2,1-4H3,(H2,18,19,20,23)/p+1. The molecule has 1 heterocycles. The van der Waals surface area contributed by atoms with Crippen LogP contribution < -0.4 is 25.0 Å². The topological polar surface area (TPSA) is 89.8 Å². The molecule has 0 saturated carbocycles. The first-order valence-corrected chi connectivity index (χ1v) is 10.5. The van der Waals surface area contributed by atoms with Gasteiger partial charge in [-0.2, -0.15) is 0 Å². The number of benzene rings is 1. The fourth-order valence-electron chi connectivity index (χ4n) is 2.38. The Balaban J connectivity index is 1.85.